The third-order valence-corrected chi connectivity index (χ3v) is 4.32. The molecule has 0 radical (unpaired) electrons. The van der Waals surface area contributed by atoms with Crippen LogP contribution in [0.4, 0.5) is 10.5 Å². The lowest BCUT2D eigenvalue weighted by molar-refractivity contribution is 0.201. The summed E-state index contributed by atoms with van der Waals surface area (Å²) in [6, 6.07) is 12.9. The van der Waals surface area contributed by atoms with Gasteiger partial charge < -0.3 is 19.4 Å². The summed E-state index contributed by atoms with van der Waals surface area (Å²) in [7, 11) is 0. The molecule has 25 heavy (non-hydrogen) atoms. The Balaban J connectivity index is 1.69. The van der Waals surface area contributed by atoms with Gasteiger partial charge in [0.05, 0.1) is 19.4 Å². The van der Waals surface area contributed by atoms with Gasteiger partial charge in [-0.25, -0.2) is 4.79 Å². The van der Waals surface area contributed by atoms with Crippen molar-refractivity contribution in [3.8, 4) is 5.75 Å². The minimum absolute atomic E-state index is 0.174. The first-order valence-corrected chi connectivity index (χ1v) is 9.01. The number of hydrogen-bond acceptors (Lipinski definition) is 4. The van der Waals surface area contributed by atoms with E-state index >= 15 is 0 Å². The predicted molar refractivity (Wildman–Crippen MR) is 98.9 cm³/mol. The number of urea groups is 1. The van der Waals surface area contributed by atoms with Crippen LogP contribution in [0.5, 0.6) is 5.75 Å². The molecule has 2 heterocycles. The predicted octanol–water partition coefficient (Wildman–Crippen LogP) is 4.97. The Morgan fingerprint density at radius 3 is 2.68 bits per heavy atom. The second-order valence-corrected chi connectivity index (χ2v) is 6.23. The van der Waals surface area contributed by atoms with E-state index in [1.165, 1.54) is 0 Å². The molecule has 0 spiro atoms. The molecule has 2 amide bonds. The maximum Gasteiger partial charge on any atom is 0.322 e. The zero-order chi connectivity index (χ0) is 17.5. The van der Waals surface area contributed by atoms with E-state index in [1.54, 1.807) is 22.5 Å². The molecule has 0 saturated heterocycles. The fraction of sp³-hybridized carbons (Fsp3) is 0.211. The minimum Gasteiger partial charge on any atom is -0.494 e. The van der Waals surface area contributed by atoms with E-state index in [9.17, 15) is 4.79 Å². The van der Waals surface area contributed by atoms with Crippen LogP contribution in [0.1, 0.15) is 18.2 Å². The number of anilines is 1. The molecular weight excluding hydrogens is 336 g/mol. The number of carbonyl (C=O) groups is 1. The van der Waals surface area contributed by atoms with Crippen LogP contribution in [-0.2, 0) is 13.1 Å². The van der Waals surface area contributed by atoms with Crippen LogP contribution in [0.15, 0.2) is 63.9 Å². The van der Waals surface area contributed by atoms with Crippen LogP contribution in [0.3, 0.4) is 0 Å². The number of nitrogens with one attached hydrogen (secondary N) is 1. The van der Waals surface area contributed by atoms with Crippen molar-refractivity contribution in [3.05, 3.63) is 70.8 Å². The van der Waals surface area contributed by atoms with E-state index in [0.29, 0.717) is 19.7 Å². The standard InChI is InChI=1S/C19H20N2O3S/c1-2-23-17-7-5-16(6-8-17)20-19(22)21(12-15-9-11-25-14-15)13-18-4-3-10-24-18/h3-11,14H,2,12-13H2,1H3,(H,20,22). The average Bonchev–Trinajstić information content (AvgIpc) is 3.30. The van der Waals surface area contributed by atoms with Gasteiger partial charge in [-0.05, 0) is 65.7 Å². The van der Waals surface area contributed by atoms with Crippen LogP contribution in [0.25, 0.3) is 0 Å². The van der Waals surface area contributed by atoms with E-state index in [0.717, 1.165) is 22.8 Å². The summed E-state index contributed by atoms with van der Waals surface area (Å²) in [5.74, 6) is 1.53. The summed E-state index contributed by atoms with van der Waals surface area (Å²) in [5, 5.41) is 6.98. The normalized spacial score (nSPS) is 10.4. The Bertz CT molecular complexity index is 731. The van der Waals surface area contributed by atoms with Crippen molar-refractivity contribution in [1.82, 2.24) is 4.90 Å². The second-order valence-electron chi connectivity index (χ2n) is 5.45. The van der Waals surface area contributed by atoms with Gasteiger partial charge in [-0.2, -0.15) is 11.3 Å². The summed E-state index contributed by atoms with van der Waals surface area (Å²) < 4.78 is 10.8. The van der Waals surface area contributed by atoms with Crippen molar-refractivity contribution in [2.24, 2.45) is 0 Å². The summed E-state index contributed by atoms with van der Waals surface area (Å²) >= 11 is 1.62. The molecule has 0 aliphatic heterocycles. The van der Waals surface area contributed by atoms with Gasteiger partial charge in [-0.15, -0.1) is 0 Å². The van der Waals surface area contributed by atoms with Crippen LogP contribution in [0.2, 0.25) is 0 Å². The topological polar surface area (TPSA) is 54.7 Å². The molecule has 6 heteroatoms. The van der Waals surface area contributed by atoms with Gasteiger partial charge in [-0.1, -0.05) is 0 Å². The molecule has 130 valence electrons. The lowest BCUT2D eigenvalue weighted by Gasteiger charge is -2.22. The van der Waals surface area contributed by atoms with Crippen LogP contribution < -0.4 is 10.1 Å². The van der Waals surface area contributed by atoms with Crippen molar-refractivity contribution in [2.45, 2.75) is 20.0 Å². The number of ether oxygens (including phenoxy) is 1. The van der Waals surface area contributed by atoms with Gasteiger partial charge in [0.25, 0.3) is 0 Å². The van der Waals surface area contributed by atoms with Crippen molar-refractivity contribution >= 4 is 23.1 Å². The van der Waals surface area contributed by atoms with Crippen molar-refractivity contribution in [1.29, 1.82) is 0 Å². The Morgan fingerprint density at radius 1 is 1.20 bits per heavy atom. The molecule has 0 bridgehead atoms. The molecule has 0 saturated carbocycles. The Kier molecular flexibility index (Phi) is 5.74. The first-order chi connectivity index (χ1) is 12.2. The van der Waals surface area contributed by atoms with Crippen LogP contribution in [-0.4, -0.2) is 17.5 Å². The SMILES string of the molecule is CCOc1ccc(NC(=O)N(Cc2ccsc2)Cc2ccco2)cc1. The molecule has 0 aliphatic carbocycles. The molecule has 0 fully saturated rings. The van der Waals surface area contributed by atoms with Crippen molar-refractivity contribution < 1.29 is 13.9 Å². The molecule has 1 aromatic carbocycles. The number of thiophene rings is 1. The van der Waals surface area contributed by atoms with Crippen molar-refractivity contribution in [3.63, 3.8) is 0 Å². The lowest BCUT2D eigenvalue weighted by atomic mass is 10.3. The molecule has 1 N–H and O–H groups in total. The molecule has 0 atom stereocenters. The van der Waals surface area contributed by atoms with Gasteiger partial charge in [0, 0.05) is 12.2 Å². The van der Waals surface area contributed by atoms with E-state index in [4.69, 9.17) is 9.15 Å². The monoisotopic (exact) mass is 356 g/mol. The average molecular weight is 356 g/mol. The minimum atomic E-state index is -0.174. The van der Waals surface area contributed by atoms with Gasteiger partial charge in [-0.3, -0.25) is 0 Å². The lowest BCUT2D eigenvalue weighted by Crippen LogP contribution is -2.33. The van der Waals surface area contributed by atoms with Gasteiger partial charge in [0.15, 0.2) is 0 Å². The Hall–Kier alpha value is -2.73. The summed E-state index contributed by atoms with van der Waals surface area (Å²) in [5.41, 5.74) is 1.82. The van der Waals surface area contributed by atoms with Crippen molar-refractivity contribution in [2.75, 3.05) is 11.9 Å². The fourth-order valence-corrected chi connectivity index (χ4v) is 3.06. The number of nitrogens with zero attached hydrogens (tertiary/aromatic N) is 1. The zero-order valence-electron chi connectivity index (χ0n) is 14.0. The number of amides is 2. The molecule has 5 nitrogen and oxygen atoms in total. The number of benzene rings is 1. The van der Waals surface area contributed by atoms with Crippen LogP contribution >= 0.6 is 11.3 Å². The fourth-order valence-electron chi connectivity index (χ4n) is 2.40. The Morgan fingerprint density at radius 2 is 2.04 bits per heavy atom. The van der Waals surface area contributed by atoms with E-state index in [1.807, 2.05) is 60.1 Å². The summed E-state index contributed by atoms with van der Waals surface area (Å²) in [6.45, 7) is 3.48. The highest BCUT2D eigenvalue weighted by atomic mass is 32.1. The second kappa shape index (κ2) is 8.39. The highest BCUT2D eigenvalue weighted by Gasteiger charge is 2.16. The number of furan rings is 1. The summed E-state index contributed by atoms with van der Waals surface area (Å²) in [6.07, 6.45) is 1.61. The summed E-state index contributed by atoms with van der Waals surface area (Å²) in [4.78, 5) is 14.4. The first kappa shape index (κ1) is 17.1. The molecule has 3 rings (SSSR count). The smallest absolute Gasteiger partial charge is 0.322 e. The van der Waals surface area contributed by atoms with E-state index in [2.05, 4.69) is 5.32 Å². The van der Waals surface area contributed by atoms with Gasteiger partial charge in [0.1, 0.15) is 11.5 Å². The van der Waals surface area contributed by atoms with Gasteiger partial charge in [0.2, 0.25) is 0 Å². The maximum atomic E-state index is 12.7. The highest BCUT2D eigenvalue weighted by Crippen LogP contribution is 2.18. The molecule has 3 aromatic rings. The highest BCUT2D eigenvalue weighted by molar-refractivity contribution is 7.07. The maximum absolute atomic E-state index is 12.7. The quantitative estimate of drug-likeness (QED) is 0.650. The number of carbonyl (C=O) groups excluding carboxylic acids is 1. The molecule has 0 unspecified atom stereocenters. The number of rotatable bonds is 7. The molecule has 2 aromatic heterocycles. The largest absolute Gasteiger partial charge is 0.494 e. The number of hydrogen-bond donors (Lipinski definition) is 1. The molecule has 0 aliphatic rings. The third-order valence-electron chi connectivity index (χ3n) is 3.58. The Labute approximate surface area is 150 Å². The third kappa shape index (κ3) is 4.87. The van der Waals surface area contributed by atoms with Crippen LogP contribution in [0, 0.1) is 0 Å². The van der Waals surface area contributed by atoms with E-state index < -0.39 is 0 Å². The zero-order valence-corrected chi connectivity index (χ0v) is 14.8. The van der Waals surface area contributed by atoms with Gasteiger partial charge >= 0.3 is 6.03 Å². The van der Waals surface area contributed by atoms with E-state index in [-0.39, 0.29) is 6.03 Å². The molecular formula is C19H20N2O3S. The first-order valence-electron chi connectivity index (χ1n) is 8.07.